The molecule has 0 saturated carbocycles. The summed E-state index contributed by atoms with van der Waals surface area (Å²) < 4.78 is 19.3. The fourth-order valence-corrected chi connectivity index (χ4v) is 11.2. The molecule has 1 atom stereocenters. The van der Waals surface area contributed by atoms with Crippen molar-refractivity contribution >= 4 is 8.32 Å². The van der Waals surface area contributed by atoms with E-state index >= 15 is 0 Å². The first-order valence-corrected chi connectivity index (χ1v) is 16.1. The van der Waals surface area contributed by atoms with E-state index in [-0.39, 0.29) is 6.29 Å². The third-order valence-corrected chi connectivity index (χ3v) is 13.9. The van der Waals surface area contributed by atoms with Crippen molar-refractivity contribution in [3.63, 3.8) is 0 Å². The maximum atomic E-state index is 6.90. The Hall–Kier alpha value is -2.56. The van der Waals surface area contributed by atoms with E-state index in [4.69, 9.17) is 13.9 Å². The molecule has 4 rings (SSSR count). The van der Waals surface area contributed by atoms with E-state index in [1.807, 2.05) is 0 Å². The molecule has 0 spiro atoms. The van der Waals surface area contributed by atoms with Gasteiger partial charge in [0.15, 0.2) is 6.29 Å². The van der Waals surface area contributed by atoms with Crippen molar-refractivity contribution in [3.05, 3.63) is 72.3 Å². The van der Waals surface area contributed by atoms with Gasteiger partial charge < -0.3 is 13.9 Å². The lowest BCUT2D eigenvalue weighted by atomic mass is 9.98. The van der Waals surface area contributed by atoms with Crippen LogP contribution in [0.15, 0.2) is 66.7 Å². The standard InChI is InChI=1S/C33H44O3Si/c1-23(2)37(24(3)4,25(5)6)36-30-18-15-28(16-19-30)31-20-17-29(27-13-11-26(7)12-14-27)22-32(31)35-33-10-8-9-21-34-33/h11-20,22-25,33H,8-10,21H2,1-7H3. The predicted molar refractivity (Wildman–Crippen MR) is 158 cm³/mol. The van der Waals surface area contributed by atoms with Gasteiger partial charge in [0.25, 0.3) is 8.32 Å². The quantitative estimate of drug-likeness (QED) is 0.265. The smallest absolute Gasteiger partial charge is 0.258 e. The molecule has 1 fully saturated rings. The average Bonchev–Trinajstić information content (AvgIpc) is 2.88. The second kappa shape index (κ2) is 11.9. The molecule has 1 aliphatic heterocycles. The van der Waals surface area contributed by atoms with Crippen LogP contribution in [0.5, 0.6) is 11.5 Å². The largest absolute Gasteiger partial charge is 0.543 e. The summed E-state index contributed by atoms with van der Waals surface area (Å²) in [5.41, 5.74) is 7.42. The summed E-state index contributed by atoms with van der Waals surface area (Å²) in [6.45, 7) is 16.8. The van der Waals surface area contributed by atoms with E-state index in [0.717, 1.165) is 54.1 Å². The highest BCUT2D eigenvalue weighted by atomic mass is 28.4. The van der Waals surface area contributed by atoms with Crippen molar-refractivity contribution in [2.45, 2.75) is 90.6 Å². The van der Waals surface area contributed by atoms with Crippen LogP contribution in [0.3, 0.4) is 0 Å². The van der Waals surface area contributed by atoms with Gasteiger partial charge >= 0.3 is 0 Å². The van der Waals surface area contributed by atoms with Crippen LogP contribution in [0.1, 0.15) is 66.4 Å². The molecule has 1 heterocycles. The molecule has 4 heteroatoms. The zero-order valence-corrected chi connectivity index (χ0v) is 24.7. The lowest BCUT2D eigenvalue weighted by Crippen LogP contribution is -2.50. The van der Waals surface area contributed by atoms with Crippen LogP contribution in [0.4, 0.5) is 0 Å². The Morgan fingerprint density at radius 3 is 1.89 bits per heavy atom. The SMILES string of the molecule is Cc1ccc(-c2ccc(-c3ccc(O[Si](C(C)C)(C(C)C)C(C)C)cc3)c(OC3CCCCO3)c2)cc1. The van der Waals surface area contributed by atoms with Crippen molar-refractivity contribution in [3.8, 4) is 33.8 Å². The highest BCUT2D eigenvalue weighted by molar-refractivity contribution is 6.78. The molecule has 0 radical (unpaired) electrons. The number of rotatable bonds is 9. The fourth-order valence-electron chi connectivity index (χ4n) is 5.99. The molecule has 37 heavy (non-hydrogen) atoms. The van der Waals surface area contributed by atoms with Gasteiger partial charge in [0.05, 0.1) is 6.61 Å². The van der Waals surface area contributed by atoms with Crippen molar-refractivity contribution < 1.29 is 13.9 Å². The number of aryl methyl sites for hydroxylation is 1. The third-order valence-electron chi connectivity index (χ3n) is 7.93. The Morgan fingerprint density at radius 2 is 1.32 bits per heavy atom. The molecule has 3 nitrogen and oxygen atoms in total. The number of benzene rings is 3. The molecule has 1 unspecified atom stereocenters. The first-order valence-electron chi connectivity index (χ1n) is 14.0. The van der Waals surface area contributed by atoms with Crippen LogP contribution in [-0.2, 0) is 4.74 Å². The van der Waals surface area contributed by atoms with E-state index in [1.165, 1.54) is 11.1 Å². The van der Waals surface area contributed by atoms with Gasteiger partial charge in [-0.05, 0) is 71.3 Å². The van der Waals surface area contributed by atoms with Gasteiger partial charge in [0.1, 0.15) is 11.5 Å². The molecule has 3 aromatic carbocycles. The fraction of sp³-hybridized carbons (Fsp3) is 0.455. The highest BCUT2D eigenvalue weighted by Crippen LogP contribution is 2.43. The van der Waals surface area contributed by atoms with Crippen molar-refractivity contribution in [2.75, 3.05) is 6.61 Å². The molecule has 1 saturated heterocycles. The summed E-state index contributed by atoms with van der Waals surface area (Å²) in [6, 6.07) is 23.8. The molecule has 0 aliphatic carbocycles. The maximum absolute atomic E-state index is 6.90. The summed E-state index contributed by atoms with van der Waals surface area (Å²) in [5, 5.41) is 0. The van der Waals surface area contributed by atoms with Crippen LogP contribution < -0.4 is 9.16 Å². The molecule has 0 bridgehead atoms. The summed E-state index contributed by atoms with van der Waals surface area (Å²) in [4.78, 5) is 0. The summed E-state index contributed by atoms with van der Waals surface area (Å²) in [5.74, 6) is 1.84. The van der Waals surface area contributed by atoms with Gasteiger partial charge in [0, 0.05) is 12.0 Å². The van der Waals surface area contributed by atoms with Crippen LogP contribution in [0.25, 0.3) is 22.3 Å². The predicted octanol–water partition coefficient (Wildman–Crippen LogP) is 9.79. The van der Waals surface area contributed by atoms with E-state index in [1.54, 1.807) is 0 Å². The number of ether oxygens (including phenoxy) is 2. The highest BCUT2D eigenvalue weighted by Gasteiger charge is 2.46. The van der Waals surface area contributed by atoms with Crippen LogP contribution in [0.2, 0.25) is 16.6 Å². The zero-order chi connectivity index (χ0) is 26.6. The minimum absolute atomic E-state index is 0.196. The van der Waals surface area contributed by atoms with Crippen molar-refractivity contribution in [2.24, 2.45) is 0 Å². The monoisotopic (exact) mass is 516 g/mol. The van der Waals surface area contributed by atoms with Gasteiger partial charge in [-0.25, -0.2) is 0 Å². The normalized spacial score (nSPS) is 16.4. The van der Waals surface area contributed by atoms with E-state index < -0.39 is 8.32 Å². The van der Waals surface area contributed by atoms with Gasteiger partial charge in [-0.1, -0.05) is 95.6 Å². The lowest BCUT2D eigenvalue weighted by molar-refractivity contribution is -0.105. The Morgan fingerprint density at radius 1 is 0.730 bits per heavy atom. The molecule has 0 N–H and O–H groups in total. The minimum Gasteiger partial charge on any atom is -0.543 e. The third kappa shape index (κ3) is 6.13. The van der Waals surface area contributed by atoms with Crippen LogP contribution >= 0.6 is 0 Å². The molecule has 3 aromatic rings. The molecular weight excluding hydrogens is 472 g/mol. The maximum Gasteiger partial charge on any atom is 0.258 e. The molecule has 198 valence electrons. The molecule has 1 aliphatic rings. The Bertz CT molecular complexity index is 1120. The van der Waals surface area contributed by atoms with Crippen LogP contribution in [-0.4, -0.2) is 21.2 Å². The van der Waals surface area contributed by atoms with Crippen molar-refractivity contribution in [1.29, 1.82) is 0 Å². The summed E-state index contributed by atoms with van der Waals surface area (Å²) in [7, 11) is -2.00. The number of hydrogen-bond acceptors (Lipinski definition) is 3. The Kier molecular flexibility index (Phi) is 8.81. The van der Waals surface area contributed by atoms with Gasteiger partial charge in [-0.3, -0.25) is 0 Å². The van der Waals surface area contributed by atoms with Gasteiger partial charge in [0.2, 0.25) is 0 Å². The van der Waals surface area contributed by atoms with Gasteiger partial charge in [-0.2, -0.15) is 0 Å². The van der Waals surface area contributed by atoms with Crippen molar-refractivity contribution in [1.82, 2.24) is 0 Å². The second-order valence-electron chi connectivity index (χ2n) is 11.4. The number of hydrogen-bond donors (Lipinski definition) is 0. The topological polar surface area (TPSA) is 27.7 Å². The van der Waals surface area contributed by atoms with Crippen LogP contribution in [0, 0.1) is 6.92 Å². The molecule has 0 amide bonds. The average molecular weight is 517 g/mol. The summed E-state index contributed by atoms with van der Waals surface area (Å²) >= 11 is 0. The van der Waals surface area contributed by atoms with E-state index in [9.17, 15) is 0 Å². The molecule has 0 aromatic heterocycles. The van der Waals surface area contributed by atoms with Gasteiger partial charge in [-0.15, -0.1) is 0 Å². The van der Waals surface area contributed by atoms with E-state index in [2.05, 4.69) is 115 Å². The summed E-state index contributed by atoms with van der Waals surface area (Å²) in [6.07, 6.45) is 2.97. The second-order valence-corrected chi connectivity index (χ2v) is 16.8. The lowest BCUT2D eigenvalue weighted by Gasteiger charge is -2.42. The molecular formula is C33H44O3Si. The van der Waals surface area contributed by atoms with E-state index in [0.29, 0.717) is 16.6 Å². The first kappa shape index (κ1) is 27.5. The first-order chi connectivity index (χ1) is 17.7. The Balaban J connectivity index is 1.66. The zero-order valence-electron chi connectivity index (χ0n) is 23.7. The Labute approximate surface area is 225 Å². The minimum atomic E-state index is -2.00.